The molecular formula is C11H24N2O. The molecule has 0 bridgehead atoms. The van der Waals surface area contributed by atoms with E-state index in [0.717, 1.165) is 38.9 Å². The lowest BCUT2D eigenvalue weighted by Crippen LogP contribution is -2.46. The lowest BCUT2D eigenvalue weighted by atomic mass is 9.76. The summed E-state index contributed by atoms with van der Waals surface area (Å²) in [6.07, 6.45) is 3.15. The van der Waals surface area contributed by atoms with Crippen LogP contribution in [0.25, 0.3) is 0 Å². The summed E-state index contributed by atoms with van der Waals surface area (Å²) in [5.74, 6) is 0. The Hall–Kier alpha value is -0.120. The first-order chi connectivity index (χ1) is 6.63. The number of nitrogens with two attached hydrogens (primary N) is 1. The van der Waals surface area contributed by atoms with E-state index >= 15 is 0 Å². The quantitative estimate of drug-likeness (QED) is 0.706. The average Bonchev–Trinajstić information content (AvgIpc) is 2.19. The van der Waals surface area contributed by atoms with Gasteiger partial charge in [-0.1, -0.05) is 0 Å². The van der Waals surface area contributed by atoms with Crippen LogP contribution in [0.1, 0.15) is 33.1 Å². The molecule has 1 aliphatic rings. The second-order valence-electron chi connectivity index (χ2n) is 4.81. The third-order valence-corrected chi connectivity index (χ3v) is 3.66. The fourth-order valence-corrected chi connectivity index (χ4v) is 2.31. The van der Waals surface area contributed by atoms with Crippen molar-refractivity contribution >= 4 is 0 Å². The summed E-state index contributed by atoms with van der Waals surface area (Å²) >= 11 is 0. The Morgan fingerprint density at radius 1 is 1.36 bits per heavy atom. The van der Waals surface area contributed by atoms with Crippen molar-refractivity contribution in [2.75, 3.05) is 26.2 Å². The zero-order chi connectivity index (χ0) is 10.6. The Morgan fingerprint density at radius 3 is 2.29 bits per heavy atom. The van der Waals surface area contributed by atoms with Crippen molar-refractivity contribution in [1.29, 1.82) is 0 Å². The molecule has 1 aliphatic heterocycles. The van der Waals surface area contributed by atoms with E-state index in [4.69, 9.17) is 10.8 Å². The molecule has 84 valence electrons. The maximum absolute atomic E-state index is 9.02. The second-order valence-corrected chi connectivity index (χ2v) is 4.81. The van der Waals surface area contributed by atoms with Crippen molar-refractivity contribution in [2.24, 2.45) is 11.1 Å². The van der Waals surface area contributed by atoms with Crippen LogP contribution in [0.4, 0.5) is 0 Å². The van der Waals surface area contributed by atoms with Gasteiger partial charge in [-0.2, -0.15) is 0 Å². The Bertz CT molecular complexity index is 163. The van der Waals surface area contributed by atoms with E-state index in [1.807, 2.05) is 0 Å². The van der Waals surface area contributed by atoms with Crippen molar-refractivity contribution in [2.45, 2.75) is 39.2 Å². The number of rotatable bonds is 4. The van der Waals surface area contributed by atoms with Crippen LogP contribution in [0.3, 0.4) is 0 Å². The maximum atomic E-state index is 9.02. The first kappa shape index (κ1) is 12.0. The van der Waals surface area contributed by atoms with Gasteiger partial charge in [-0.25, -0.2) is 0 Å². The van der Waals surface area contributed by atoms with E-state index in [1.54, 1.807) is 0 Å². The normalized spacial score (nSPS) is 22.9. The number of piperidine rings is 1. The molecule has 0 radical (unpaired) electrons. The molecule has 1 fully saturated rings. The van der Waals surface area contributed by atoms with Gasteiger partial charge in [0.15, 0.2) is 0 Å². The highest BCUT2D eigenvalue weighted by Gasteiger charge is 2.33. The molecule has 0 spiro atoms. The Balaban J connectivity index is 2.46. The number of likely N-dealkylation sites (tertiary alicyclic amines) is 1. The highest BCUT2D eigenvalue weighted by Crippen LogP contribution is 2.34. The summed E-state index contributed by atoms with van der Waals surface area (Å²) in [6, 6.07) is 0.639. The largest absolute Gasteiger partial charge is 0.396 e. The van der Waals surface area contributed by atoms with Gasteiger partial charge in [0.1, 0.15) is 0 Å². The average molecular weight is 200 g/mol. The Kier molecular flexibility index (Phi) is 4.35. The molecule has 3 N–H and O–H groups in total. The van der Waals surface area contributed by atoms with E-state index < -0.39 is 0 Å². The summed E-state index contributed by atoms with van der Waals surface area (Å²) in [7, 11) is 0. The predicted molar refractivity (Wildman–Crippen MR) is 59.1 cm³/mol. The van der Waals surface area contributed by atoms with Gasteiger partial charge in [0, 0.05) is 12.6 Å². The van der Waals surface area contributed by atoms with E-state index in [2.05, 4.69) is 18.7 Å². The fourth-order valence-electron chi connectivity index (χ4n) is 2.31. The molecular weight excluding hydrogens is 176 g/mol. The minimum absolute atomic E-state index is 0.222. The summed E-state index contributed by atoms with van der Waals surface area (Å²) in [5.41, 5.74) is 6.04. The second kappa shape index (κ2) is 5.10. The van der Waals surface area contributed by atoms with Crippen molar-refractivity contribution in [3.63, 3.8) is 0 Å². The molecule has 0 saturated carbocycles. The summed E-state index contributed by atoms with van der Waals surface area (Å²) in [6.45, 7) is 7.74. The van der Waals surface area contributed by atoms with Crippen LogP contribution in [0.2, 0.25) is 0 Å². The van der Waals surface area contributed by atoms with Gasteiger partial charge < -0.3 is 15.7 Å². The van der Waals surface area contributed by atoms with Gasteiger partial charge >= 0.3 is 0 Å². The molecule has 1 saturated heterocycles. The number of aliphatic hydroxyl groups is 1. The van der Waals surface area contributed by atoms with Crippen LogP contribution >= 0.6 is 0 Å². The monoisotopic (exact) mass is 200 g/mol. The van der Waals surface area contributed by atoms with Gasteiger partial charge in [-0.15, -0.1) is 0 Å². The minimum atomic E-state index is 0.222. The topological polar surface area (TPSA) is 49.5 Å². The number of aliphatic hydroxyl groups excluding tert-OH is 1. The van der Waals surface area contributed by atoms with Crippen molar-refractivity contribution < 1.29 is 5.11 Å². The lowest BCUT2D eigenvalue weighted by Gasteiger charge is -2.42. The maximum Gasteiger partial charge on any atom is 0.0436 e. The van der Waals surface area contributed by atoms with Crippen LogP contribution in [-0.4, -0.2) is 42.3 Å². The van der Waals surface area contributed by atoms with Crippen LogP contribution in [0.5, 0.6) is 0 Å². The third kappa shape index (κ3) is 2.69. The minimum Gasteiger partial charge on any atom is -0.396 e. The van der Waals surface area contributed by atoms with E-state index in [0.29, 0.717) is 6.04 Å². The number of hydrogen-bond donors (Lipinski definition) is 2. The first-order valence-corrected chi connectivity index (χ1v) is 5.68. The number of hydrogen-bond acceptors (Lipinski definition) is 3. The molecule has 3 heteroatoms. The van der Waals surface area contributed by atoms with Crippen molar-refractivity contribution in [3.8, 4) is 0 Å². The molecule has 3 nitrogen and oxygen atoms in total. The third-order valence-electron chi connectivity index (χ3n) is 3.66. The van der Waals surface area contributed by atoms with Crippen LogP contribution in [0.15, 0.2) is 0 Å². The van der Waals surface area contributed by atoms with Crippen LogP contribution in [-0.2, 0) is 0 Å². The molecule has 0 aromatic rings. The summed E-state index contributed by atoms with van der Waals surface area (Å²) < 4.78 is 0. The fraction of sp³-hybridized carbons (Fsp3) is 1.00. The van der Waals surface area contributed by atoms with E-state index in [-0.39, 0.29) is 12.0 Å². The molecule has 0 aliphatic carbocycles. The molecule has 0 atom stereocenters. The van der Waals surface area contributed by atoms with Crippen molar-refractivity contribution in [1.82, 2.24) is 4.90 Å². The highest BCUT2D eigenvalue weighted by atomic mass is 16.3. The molecule has 0 unspecified atom stereocenters. The first-order valence-electron chi connectivity index (χ1n) is 5.68. The Labute approximate surface area is 87.3 Å². The zero-order valence-electron chi connectivity index (χ0n) is 9.50. The summed E-state index contributed by atoms with van der Waals surface area (Å²) in [4.78, 5) is 2.49. The Morgan fingerprint density at radius 2 is 1.93 bits per heavy atom. The van der Waals surface area contributed by atoms with Crippen molar-refractivity contribution in [3.05, 3.63) is 0 Å². The molecule has 0 amide bonds. The molecule has 14 heavy (non-hydrogen) atoms. The van der Waals surface area contributed by atoms with Gasteiger partial charge in [-0.05, 0) is 58.2 Å². The highest BCUT2D eigenvalue weighted by molar-refractivity contribution is 4.87. The zero-order valence-corrected chi connectivity index (χ0v) is 9.50. The number of nitrogens with zero attached hydrogens (tertiary/aromatic N) is 1. The SMILES string of the molecule is CC(C)N1CCC(CN)(CCO)CC1. The van der Waals surface area contributed by atoms with E-state index in [9.17, 15) is 0 Å². The predicted octanol–water partition coefficient (Wildman–Crippen LogP) is 0.818. The van der Waals surface area contributed by atoms with Crippen LogP contribution < -0.4 is 5.73 Å². The van der Waals surface area contributed by atoms with Gasteiger partial charge in [-0.3, -0.25) is 0 Å². The van der Waals surface area contributed by atoms with E-state index in [1.165, 1.54) is 0 Å². The molecule has 0 aromatic heterocycles. The molecule has 0 aromatic carbocycles. The van der Waals surface area contributed by atoms with Crippen LogP contribution in [0, 0.1) is 5.41 Å². The van der Waals surface area contributed by atoms with Gasteiger partial charge in [0.25, 0.3) is 0 Å². The van der Waals surface area contributed by atoms with Gasteiger partial charge in [0.05, 0.1) is 0 Å². The smallest absolute Gasteiger partial charge is 0.0436 e. The molecule has 1 rings (SSSR count). The molecule has 1 heterocycles. The van der Waals surface area contributed by atoms with Gasteiger partial charge in [0.2, 0.25) is 0 Å². The lowest BCUT2D eigenvalue weighted by molar-refractivity contribution is 0.0665. The standard InChI is InChI=1S/C11H24N2O/c1-10(2)13-6-3-11(9-12,4-7-13)5-8-14/h10,14H,3-9,12H2,1-2H3. The summed E-state index contributed by atoms with van der Waals surface area (Å²) in [5, 5.41) is 9.02.